The average molecular weight is 434 g/mol. The van der Waals surface area contributed by atoms with E-state index < -0.39 is 47.7 Å². The number of carboxylic acids is 1. The van der Waals surface area contributed by atoms with Crippen LogP contribution in [-0.2, 0) is 24.0 Å². The Labute approximate surface area is 174 Å². The molecular formula is C17H31N5O6S. The molecule has 11 nitrogen and oxygen atoms in total. The van der Waals surface area contributed by atoms with E-state index >= 15 is 0 Å². The molecule has 0 radical (unpaired) electrons. The standard InChI is InChI=1S/C17H31N5O6S/c1-9(2)14(22-13(24)8-18)16(26)20-10(4-5-12(19)23)15(25)21-11(17(27)28)6-7-29-3/h9-11,14H,4-8,18H2,1-3H3,(H2,19,23)(H,20,26)(H,21,25)(H,22,24)(H,27,28). The maximum Gasteiger partial charge on any atom is 0.326 e. The van der Waals surface area contributed by atoms with Gasteiger partial charge in [0, 0.05) is 6.42 Å². The maximum atomic E-state index is 12.6. The Bertz CT molecular complexity index is 601. The second-order valence-electron chi connectivity index (χ2n) is 6.74. The summed E-state index contributed by atoms with van der Waals surface area (Å²) in [5.74, 6) is -3.62. The van der Waals surface area contributed by atoms with Crippen LogP contribution in [0.3, 0.4) is 0 Å². The first-order valence-corrected chi connectivity index (χ1v) is 10.5. The monoisotopic (exact) mass is 433 g/mol. The molecular weight excluding hydrogens is 402 g/mol. The summed E-state index contributed by atoms with van der Waals surface area (Å²) in [5, 5.41) is 16.6. The Balaban J connectivity index is 5.34. The Morgan fingerprint density at radius 1 is 0.966 bits per heavy atom. The topological polar surface area (TPSA) is 194 Å². The van der Waals surface area contributed by atoms with Gasteiger partial charge in [0.25, 0.3) is 0 Å². The molecule has 0 aromatic heterocycles. The van der Waals surface area contributed by atoms with Crippen LogP contribution in [0, 0.1) is 5.92 Å². The molecule has 29 heavy (non-hydrogen) atoms. The zero-order valence-corrected chi connectivity index (χ0v) is 17.7. The summed E-state index contributed by atoms with van der Waals surface area (Å²) in [6.45, 7) is 3.09. The number of amides is 4. The van der Waals surface area contributed by atoms with E-state index in [2.05, 4.69) is 16.0 Å². The van der Waals surface area contributed by atoms with Crippen molar-refractivity contribution in [1.29, 1.82) is 0 Å². The number of carboxylic acid groups (broad SMARTS) is 1. The van der Waals surface area contributed by atoms with Crippen LogP contribution in [0.15, 0.2) is 0 Å². The Hall–Kier alpha value is -2.34. The van der Waals surface area contributed by atoms with Gasteiger partial charge in [-0.15, -0.1) is 0 Å². The molecule has 0 aromatic carbocycles. The number of rotatable bonds is 14. The third-order valence-corrected chi connectivity index (χ3v) is 4.63. The number of hydrogen-bond acceptors (Lipinski definition) is 7. The molecule has 3 unspecified atom stereocenters. The van der Waals surface area contributed by atoms with Gasteiger partial charge in [-0.3, -0.25) is 19.2 Å². The van der Waals surface area contributed by atoms with Crippen molar-refractivity contribution in [3.8, 4) is 0 Å². The van der Waals surface area contributed by atoms with Crippen molar-refractivity contribution >= 4 is 41.4 Å². The van der Waals surface area contributed by atoms with Crippen LogP contribution in [0.25, 0.3) is 0 Å². The number of nitrogens with two attached hydrogens (primary N) is 2. The van der Waals surface area contributed by atoms with Crippen LogP contribution in [-0.4, -0.2) is 71.4 Å². The highest BCUT2D eigenvalue weighted by atomic mass is 32.2. The summed E-state index contributed by atoms with van der Waals surface area (Å²) in [4.78, 5) is 59.2. The van der Waals surface area contributed by atoms with E-state index in [9.17, 15) is 29.1 Å². The summed E-state index contributed by atoms with van der Waals surface area (Å²) in [7, 11) is 0. The molecule has 0 fully saturated rings. The quantitative estimate of drug-likeness (QED) is 0.184. The van der Waals surface area contributed by atoms with Crippen molar-refractivity contribution in [2.24, 2.45) is 17.4 Å². The highest BCUT2D eigenvalue weighted by Gasteiger charge is 2.30. The normalized spacial score (nSPS) is 13.8. The summed E-state index contributed by atoms with van der Waals surface area (Å²) in [5.41, 5.74) is 10.4. The Morgan fingerprint density at radius 3 is 2.00 bits per heavy atom. The lowest BCUT2D eigenvalue weighted by Crippen LogP contribution is -2.57. The molecule has 0 saturated heterocycles. The first-order valence-electron chi connectivity index (χ1n) is 9.13. The number of carbonyl (C=O) groups is 5. The van der Waals surface area contributed by atoms with E-state index in [4.69, 9.17) is 11.5 Å². The molecule has 0 aliphatic heterocycles. The minimum atomic E-state index is -1.21. The van der Waals surface area contributed by atoms with Gasteiger partial charge >= 0.3 is 5.97 Å². The maximum absolute atomic E-state index is 12.6. The highest BCUT2D eigenvalue weighted by molar-refractivity contribution is 7.98. The molecule has 4 amide bonds. The van der Waals surface area contributed by atoms with Gasteiger partial charge in [-0.25, -0.2) is 4.79 Å². The number of hydrogen-bond donors (Lipinski definition) is 6. The first kappa shape index (κ1) is 26.7. The van der Waals surface area contributed by atoms with Crippen LogP contribution < -0.4 is 27.4 Å². The molecule has 0 aliphatic carbocycles. The van der Waals surface area contributed by atoms with Crippen molar-refractivity contribution in [3.05, 3.63) is 0 Å². The fourth-order valence-electron chi connectivity index (χ4n) is 2.35. The van der Waals surface area contributed by atoms with Crippen molar-refractivity contribution in [2.75, 3.05) is 18.6 Å². The number of primary amides is 1. The van der Waals surface area contributed by atoms with Crippen molar-refractivity contribution in [3.63, 3.8) is 0 Å². The predicted molar refractivity (Wildman–Crippen MR) is 109 cm³/mol. The van der Waals surface area contributed by atoms with Crippen LogP contribution in [0.2, 0.25) is 0 Å². The summed E-state index contributed by atoms with van der Waals surface area (Å²) >= 11 is 1.43. The molecule has 0 spiro atoms. The molecule has 8 N–H and O–H groups in total. The van der Waals surface area contributed by atoms with Gasteiger partial charge in [-0.2, -0.15) is 11.8 Å². The van der Waals surface area contributed by atoms with Crippen molar-refractivity contribution in [2.45, 2.75) is 51.2 Å². The van der Waals surface area contributed by atoms with Gasteiger partial charge in [0.1, 0.15) is 18.1 Å². The minimum absolute atomic E-state index is 0.114. The van der Waals surface area contributed by atoms with E-state index in [-0.39, 0.29) is 31.7 Å². The van der Waals surface area contributed by atoms with Gasteiger partial charge in [0.15, 0.2) is 0 Å². The fraction of sp³-hybridized carbons (Fsp3) is 0.706. The summed E-state index contributed by atoms with van der Waals surface area (Å²) in [6, 6.07) is -3.29. The van der Waals surface area contributed by atoms with Gasteiger partial charge in [-0.1, -0.05) is 13.8 Å². The molecule has 0 saturated carbocycles. The molecule has 0 rings (SSSR count). The van der Waals surface area contributed by atoms with E-state index in [1.54, 1.807) is 20.1 Å². The van der Waals surface area contributed by atoms with Crippen LogP contribution in [0.5, 0.6) is 0 Å². The second-order valence-corrected chi connectivity index (χ2v) is 7.73. The van der Waals surface area contributed by atoms with Crippen LogP contribution in [0.4, 0.5) is 0 Å². The van der Waals surface area contributed by atoms with Gasteiger partial charge < -0.3 is 32.5 Å². The Kier molecular flexibility index (Phi) is 12.7. The number of carbonyl (C=O) groups excluding carboxylic acids is 4. The largest absolute Gasteiger partial charge is 0.480 e. The highest BCUT2D eigenvalue weighted by Crippen LogP contribution is 2.07. The van der Waals surface area contributed by atoms with Crippen LogP contribution >= 0.6 is 11.8 Å². The Morgan fingerprint density at radius 2 is 1.55 bits per heavy atom. The molecule has 12 heteroatoms. The van der Waals surface area contributed by atoms with Gasteiger partial charge in [0.2, 0.25) is 23.6 Å². The number of thioether (sulfide) groups is 1. The fourth-order valence-corrected chi connectivity index (χ4v) is 2.82. The molecule has 0 heterocycles. The zero-order valence-electron chi connectivity index (χ0n) is 16.9. The van der Waals surface area contributed by atoms with E-state index in [0.29, 0.717) is 5.75 Å². The third-order valence-electron chi connectivity index (χ3n) is 3.99. The molecule has 3 atom stereocenters. The SMILES string of the molecule is CSCCC(NC(=O)C(CCC(N)=O)NC(=O)C(NC(=O)CN)C(C)C)C(=O)O. The molecule has 0 bridgehead atoms. The number of aliphatic carboxylic acids is 1. The lowest BCUT2D eigenvalue weighted by molar-refractivity contribution is -0.142. The zero-order chi connectivity index (χ0) is 22.6. The van der Waals surface area contributed by atoms with E-state index in [0.717, 1.165) is 0 Å². The lowest BCUT2D eigenvalue weighted by atomic mass is 10.0. The predicted octanol–water partition coefficient (Wildman–Crippen LogP) is -1.84. The van der Waals surface area contributed by atoms with E-state index in [1.807, 2.05) is 0 Å². The molecule has 166 valence electrons. The molecule has 0 aliphatic rings. The van der Waals surface area contributed by atoms with E-state index in [1.165, 1.54) is 11.8 Å². The lowest BCUT2D eigenvalue weighted by Gasteiger charge is -2.26. The van der Waals surface area contributed by atoms with Crippen molar-refractivity contribution in [1.82, 2.24) is 16.0 Å². The average Bonchev–Trinajstić information content (AvgIpc) is 2.64. The van der Waals surface area contributed by atoms with Crippen LogP contribution in [0.1, 0.15) is 33.1 Å². The first-order chi connectivity index (χ1) is 13.5. The second kappa shape index (κ2) is 13.8. The van der Waals surface area contributed by atoms with Crippen molar-refractivity contribution < 1.29 is 29.1 Å². The smallest absolute Gasteiger partial charge is 0.326 e. The minimum Gasteiger partial charge on any atom is -0.480 e. The summed E-state index contributed by atoms with van der Waals surface area (Å²) in [6.07, 6.45) is 1.69. The molecule has 0 aromatic rings. The van der Waals surface area contributed by atoms with Gasteiger partial charge in [-0.05, 0) is 30.8 Å². The number of nitrogens with one attached hydrogen (secondary N) is 3. The third kappa shape index (κ3) is 10.7. The van der Waals surface area contributed by atoms with Gasteiger partial charge in [0.05, 0.1) is 6.54 Å². The summed E-state index contributed by atoms with van der Waals surface area (Å²) < 4.78 is 0.